The van der Waals surface area contributed by atoms with Crippen molar-refractivity contribution >= 4 is 0 Å². The number of hydrogen-bond acceptors (Lipinski definition) is 3. The molecule has 1 N–H and O–H groups in total. The van der Waals surface area contributed by atoms with Gasteiger partial charge >= 0.3 is 0 Å². The first-order valence-electron chi connectivity index (χ1n) is 7.09. The summed E-state index contributed by atoms with van der Waals surface area (Å²) in [5.41, 5.74) is 2.41. The molecule has 0 unspecified atom stereocenters. The molecule has 0 bridgehead atoms. The Morgan fingerprint density at radius 1 is 1.20 bits per heavy atom. The van der Waals surface area contributed by atoms with Crippen molar-refractivity contribution in [2.24, 2.45) is 0 Å². The van der Waals surface area contributed by atoms with Gasteiger partial charge in [0.1, 0.15) is 5.75 Å². The lowest BCUT2D eigenvalue weighted by Gasteiger charge is -2.22. The van der Waals surface area contributed by atoms with Gasteiger partial charge in [0.05, 0.1) is 18.4 Å². The first-order chi connectivity index (χ1) is 9.71. The Balaban J connectivity index is 1.86. The van der Waals surface area contributed by atoms with Crippen LogP contribution < -0.4 is 4.74 Å². The number of rotatable bonds is 4. The summed E-state index contributed by atoms with van der Waals surface area (Å²) < 4.78 is 5.60. The van der Waals surface area contributed by atoms with Crippen LogP contribution in [0.1, 0.15) is 30.0 Å². The SMILES string of the molecule is CCCOc1cncc(C2(O)Cc3ccccc3C2)c1. The van der Waals surface area contributed by atoms with Crippen molar-refractivity contribution in [3.05, 3.63) is 59.4 Å². The number of nitrogens with zero attached hydrogens (tertiary/aromatic N) is 1. The van der Waals surface area contributed by atoms with Gasteiger partial charge in [-0.2, -0.15) is 0 Å². The minimum atomic E-state index is -0.859. The van der Waals surface area contributed by atoms with Crippen molar-refractivity contribution in [2.45, 2.75) is 31.8 Å². The van der Waals surface area contributed by atoms with Crippen LogP contribution in [-0.2, 0) is 18.4 Å². The maximum atomic E-state index is 10.9. The summed E-state index contributed by atoms with van der Waals surface area (Å²) >= 11 is 0. The first kappa shape index (κ1) is 13.1. The molecule has 3 heteroatoms. The van der Waals surface area contributed by atoms with Gasteiger partial charge in [0, 0.05) is 24.6 Å². The summed E-state index contributed by atoms with van der Waals surface area (Å²) in [6.07, 6.45) is 5.68. The van der Waals surface area contributed by atoms with Gasteiger partial charge < -0.3 is 9.84 Å². The maximum Gasteiger partial charge on any atom is 0.137 e. The Morgan fingerprint density at radius 2 is 1.90 bits per heavy atom. The van der Waals surface area contributed by atoms with E-state index in [1.54, 1.807) is 12.4 Å². The van der Waals surface area contributed by atoms with Crippen LogP contribution in [0.5, 0.6) is 5.75 Å². The lowest BCUT2D eigenvalue weighted by Crippen LogP contribution is -2.26. The highest BCUT2D eigenvalue weighted by atomic mass is 16.5. The molecule has 1 aliphatic rings. The predicted molar refractivity (Wildman–Crippen MR) is 77.8 cm³/mol. The molecule has 3 nitrogen and oxygen atoms in total. The van der Waals surface area contributed by atoms with E-state index in [2.05, 4.69) is 24.0 Å². The second kappa shape index (κ2) is 5.25. The smallest absolute Gasteiger partial charge is 0.137 e. The average molecular weight is 269 g/mol. The molecule has 2 aromatic rings. The predicted octanol–water partition coefficient (Wildman–Crippen LogP) is 2.86. The highest BCUT2D eigenvalue weighted by Crippen LogP contribution is 2.38. The molecule has 0 saturated heterocycles. The lowest BCUT2D eigenvalue weighted by molar-refractivity contribution is 0.0475. The van der Waals surface area contributed by atoms with E-state index in [-0.39, 0.29) is 0 Å². The van der Waals surface area contributed by atoms with E-state index in [1.165, 1.54) is 11.1 Å². The summed E-state index contributed by atoms with van der Waals surface area (Å²) in [6.45, 7) is 2.74. The molecule has 0 fully saturated rings. The minimum Gasteiger partial charge on any atom is -0.492 e. The Bertz CT molecular complexity index is 584. The third kappa shape index (κ3) is 2.41. The van der Waals surface area contributed by atoms with Crippen LogP contribution in [0.25, 0.3) is 0 Å². The van der Waals surface area contributed by atoms with E-state index < -0.39 is 5.60 Å². The average Bonchev–Trinajstić information content (AvgIpc) is 2.83. The zero-order valence-electron chi connectivity index (χ0n) is 11.7. The van der Waals surface area contributed by atoms with Gasteiger partial charge in [0.2, 0.25) is 0 Å². The Kier molecular flexibility index (Phi) is 3.45. The van der Waals surface area contributed by atoms with Crippen LogP contribution in [0.4, 0.5) is 0 Å². The number of benzene rings is 1. The van der Waals surface area contributed by atoms with Crippen molar-refractivity contribution in [1.82, 2.24) is 4.98 Å². The molecule has 3 rings (SSSR count). The Hall–Kier alpha value is -1.87. The normalized spacial score (nSPS) is 15.9. The van der Waals surface area contributed by atoms with E-state index in [0.717, 1.165) is 17.7 Å². The van der Waals surface area contributed by atoms with E-state index >= 15 is 0 Å². The van der Waals surface area contributed by atoms with Crippen LogP contribution in [0.3, 0.4) is 0 Å². The number of aliphatic hydroxyl groups is 1. The molecule has 1 aromatic carbocycles. The van der Waals surface area contributed by atoms with E-state index in [4.69, 9.17) is 4.74 Å². The minimum absolute atomic E-state index is 0.641. The lowest BCUT2D eigenvalue weighted by atomic mass is 9.92. The molecule has 1 aliphatic carbocycles. The van der Waals surface area contributed by atoms with Crippen LogP contribution in [0, 0.1) is 0 Å². The topological polar surface area (TPSA) is 42.4 Å². The highest BCUT2D eigenvalue weighted by molar-refractivity contribution is 5.40. The van der Waals surface area contributed by atoms with E-state index in [0.29, 0.717) is 19.4 Å². The number of fused-ring (bicyclic) bond motifs is 1. The molecule has 0 spiro atoms. The molecule has 104 valence electrons. The van der Waals surface area contributed by atoms with Crippen molar-refractivity contribution in [2.75, 3.05) is 6.61 Å². The van der Waals surface area contributed by atoms with Crippen molar-refractivity contribution in [1.29, 1.82) is 0 Å². The Labute approximate surface area is 119 Å². The molecule has 0 amide bonds. The molecule has 1 aromatic heterocycles. The number of hydrogen-bond donors (Lipinski definition) is 1. The number of ether oxygens (including phenoxy) is 1. The quantitative estimate of drug-likeness (QED) is 0.928. The van der Waals surface area contributed by atoms with Crippen molar-refractivity contribution in [3.63, 3.8) is 0 Å². The fraction of sp³-hybridized carbons (Fsp3) is 0.353. The molecule has 0 aliphatic heterocycles. The maximum absolute atomic E-state index is 10.9. The molecular weight excluding hydrogens is 250 g/mol. The van der Waals surface area contributed by atoms with Gasteiger partial charge in [-0.15, -0.1) is 0 Å². The van der Waals surface area contributed by atoms with Crippen LogP contribution in [-0.4, -0.2) is 16.7 Å². The van der Waals surface area contributed by atoms with Gasteiger partial charge in [-0.3, -0.25) is 4.98 Å². The molecule has 0 radical (unpaired) electrons. The van der Waals surface area contributed by atoms with Crippen LogP contribution in [0.15, 0.2) is 42.7 Å². The molecule has 1 heterocycles. The van der Waals surface area contributed by atoms with E-state index in [1.807, 2.05) is 18.2 Å². The summed E-state index contributed by atoms with van der Waals surface area (Å²) in [4.78, 5) is 4.21. The van der Waals surface area contributed by atoms with Gasteiger partial charge in [-0.05, 0) is 23.6 Å². The fourth-order valence-corrected chi connectivity index (χ4v) is 2.77. The second-order valence-electron chi connectivity index (χ2n) is 5.41. The summed E-state index contributed by atoms with van der Waals surface area (Å²) in [5.74, 6) is 0.730. The van der Waals surface area contributed by atoms with Gasteiger partial charge in [-0.1, -0.05) is 31.2 Å². The summed E-state index contributed by atoms with van der Waals surface area (Å²) in [6, 6.07) is 10.1. The molecule has 0 saturated carbocycles. The van der Waals surface area contributed by atoms with Crippen LogP contribution in [0.2, 0.25) is 0 Å². The van der Waals surface area contributed by atoms with Crippen molar-refractivity contribution in [3.8, 4) is 5.75 Å². The third-order valence-corrected chi connectivity index (χ3v) is 3.81. The highest BCUT2D eigenvalue weighted by Gasteiger charge is 2.37. The van der Waals surface area contributed by atoms with E-state index in [9.17, 15) is 5.11 Å². The second-order valence-corrected chi connectivity index (χ2v) is 5.41. The fourth-order valence-electron chi connectivity index (χ4n) is 2.77. The zero-order valence-corrected chi connectivity index (χ0v) is 11.7. The number of pyridine rings is 1. The largest absolute Gasteiger partial charge is 0.492 e. The molecular formula is C17H19NO2. The summed E-state index contributed by atoms with van der Waals surface area (Å²) in [7, 11) is 0. The van der Waals surface area contributed by atoms with Gasteiger partial charge in [0.25, 0.3) is 0 Å². The third-order valence-electron chi connectivity index (χ3n) is 3.81. The van der Waals surface area contributed by atoms with Gasteiger partial charge in [0.15, 0.2) is 0 Å². The zero-order chi connectivity index (χ0) is 14.0. The first-order valence-corrected chi connectivity index (χ1v) is 7.09. The van der Waals surface area contributed by atoms with Gasteiger partial charge in [-0.25, -0.2) is 0 Å². The Morgan fingerprint density at radius 3 is 2.55 bits per heavy atom. The summed E-state index contributed by atoms with van der Waals surface area (Å²) in [5, 5.41) is 10.9. The standard InChI is InChI=1S/C17H19NO2/c1-2-7-20-16-8-15(11-18-12-16)17(19)9-13-5-3-4-6-14(13)10-17/h3-6,8,11-12,19H,2,7,9-10H2,1H3. The van der Waals surface area contributed by atoms with Crippen molar-refractivity contribution < 1.29 is 9.84 Å². The number of aromatic nitrogens is 1. The molecule has 20 heavy (non-hydrogen) atoms. The van der Waals surface area contributed by atoms with Crippen LogP contribution >= 0.6 is 0 Å². The monoisotopic (exact) mass is 269 g/mol. The molecule has 0 atom stereocenters.